The molecule has 1 N–H and O–H groups in total. The Morgan fingerprint density at radius 1 is 1.17 bits per heavy atom. The van der Waals surface area contributed by atoms with E-state index in [2.05, 4.69) is 10.1 Å². The van der Waals surface area contributed by atoms with Crippen molar-refractivity contribution in [2.45, 2.75) is 19.6 Å². The Kier molecular flexibility index (Phi) is 4.15. The molecule has 0 bridgehead atoms. The van der Waals surface area contributed by atoms with Crippen molar-refractivity contribution in [1.29, 1.82) is 0 Å². The van der Waals surface area contributed by atoms with Crippen molar-refractivity contribution in [3.05, 3.63) is 46.7 Å². The monoisotopic (exact) mass is 269 g/mol. The van der Waals surface area contributed by atoms with Gasteiger partial charge in [-0.2, -0.15) is 20.1 Å². The van der Waals surface area contributed by atoms with Crippen LogP contribution in [0.5, 0.6) is 5.75 Å². The molecule has 2 nitrogen and oxygen atoms in total. The SMILES string of the molecule is CC(Nc1ccsc1)c1ccc(OC(F)F)cc1. The summed E-state index contributed by atoms with van der Waals surface area (Å²) in [6, 6.07) is 8.76. The van der Waals surface area contributed by atoms with Gasteiger partial charge in [-0.1, -0.05) is 12.1 Å². The summed E-state index contributed by atoms with van der Waals surface area (Å²) in [5, 5.41) is 7.33. The number of nitrogens with one attached hydrogen (secondary N) is 1. The third-order valence-electron chi connectivity index (χ3n) is 2.51. The second-order valence-electron chi connectivity index (χ2n) is 3.83. The Morgan fingerprint density at radius 2 is 1.89 bits per heavy atom. The van der Waals surface area contributed by atoms with Gasteiger partial charge in [0.2, 0.25) is 0 Å². The number of thiophene rings is 1. The van der Waals surface area contributed by atoms with Gasteiger partial charge in [-0.05, 0) is 36.1 Å². The predicted octanol–water partition coefficient (Wildman–Crippen LogP) is 4.52. The highest BCUT2D eigenvalue weighted by Crippen LogP contribution is 2.23. The molecule has 0 aliphatic heterocycles. The molecule has 1 aromatic carbocycles. The van der Waals surface area contributed by atoms with Crippen LogP contribution in [0.2, 0.25) is 0 Å². The van der Waals surface area contributed by atoms with Crippen molar-refractivity contribution >= 4 is 17.0 Å². The average molecular weight is 269 g/mol. The van der Waals surface area contributed by atoms with E-state index in [0.29, 0.717) is 0 Å². The molecule has 0 radical (unpaired) electrons. The molecule has 2 rings (SSSR count). The molecular formula is C13H13F2NOS. The summed E-state index contributed by atoms with van der Waals surface area (Å²) >= 11 is 1.62. The number of rotatable bonds is 5. The first-order chi connectivity index (χ1) is 8.65. The fourth-order valence-electron chi connectivity index (χ4n) is 1.62. The van der Waals surface area contributed by atoms with Crippen molar-refractivity contribution in [1.82, 2.24) is 0 Å². The molecule has 1 heterocycles. The highest BCUT2D eigenvalue weighted by molar-refractivity contribution is 7.08. The average Bonchev–Trinajstić information content (AvgIpc) is 2.82. The van der Waals surface area contributed by atoms with E-state index < -0.39 is 6.61 Å². The molecule has 5 heteroatoms. The molecule has 2 aromatic rings. The molecule has 0 aliphatic carbocycles. The molecule has 0 spiro atoms. The first-order valence-corrected chi connectivity index (χ1v) is 6.43. The van der Waals surface area contributed by atoms with Crippen molar-refractivity contribution in [2.75, 3.05) is 5.32 Å². The fourth-order valence-corrected chi connectivity index (χ4v) is 2.21. The van der Waals surface area contributed by atoms with Gasteiger partial charge in [0, 0.05) is 17.1 Å². The highest BCUT2D eigenvalue weighted by Gasteiger charge is 2.07. The first-order valence-electron chi connectivity index (χ1n) is 5.48. The smallest absolute Gasteiger partial charge is 0.387 e. The minimum Gasteiger partial charge on any atom is -0.435 e. The molecule has 1 atom stereocenters. The molecule has 0 aliphatic rings. The molecule has 0 saturated carbocycles. The van der Waals surface area contributed by atoms with Gasteiger partial charge < -0.3 is 10.1 Å². The minimum absolute atomic E-state index is 0.111. The number of anilines is 1. The maximum atomic E-state index is 12.0. The van der Waals surface area contributed by atoms with E-state index in [1.54, 1.807) is 35.6 Å². The summed E-state index contributed by atoms with van der Waals surface area (Å²) in [7, 11) is 0. The third kappa shape index (κ3) is 3.43. The van der Waals surface area contributed by atoms with Gasteiger partial charge in [-0.3, -0.25) is 0 Å². The summed E-state index contributed by atoms with van der Waals surface area (Å²) in [4.78, 5) is 0. The van der Waals surface area contributed by atoms with Gasteiger partial charge in [-0.15, -0.1) is 0 Å². The summed E-state index contributed by atoms with van der Waals surface area (Å²) in [5.74, 6) is 0.177. The second kappa shape index (κ2) is 5.82. The largest absolute Gasteiger partial charge is 0.435 e. The Balaban J connectivity index is 2.00. The van der Waals surface area contributed by atoms with Gasteiger partial charge in [-0.25, -0.2) is 0 Å². The van der Waals surface area contributed by atoms with Gasteiger partial charge in [0.25, 0.3) is 0 Å². The molecule has 96 valence electrons. The molecule has 18 heavy (non-hydrogen) atoms. The fraction of sp³-hybridized carbons (Fsp3) is 0.231. The van der Waals surface area contributed by atoms with E-state index in [9.17, 15) is 8.78 Å². The summed E-state index contributed by atoms with van der Waals surface area (Å²) in [6.45, 7) is -0.766. The van der Waals surface area contributed by atoms with Crippen LogP contribution in [-0.4, -0.2) is 6.61 Å². The van der Waals surface area contributed by atoms with Crippen LogP contribution < -0.4 is 10.1 Å². The van der Waals surface area contributed by atoms with Gasteiger partial charge in [0.05, 0.1) is 0 Å². The second-order valence-corrected chi connectivity index (χ2v) is 4.61. The molecule has 0 amide bonds. The standard InChI is InChI=1S/C13H13F2NOS/c1-9(16-11-6-7-18-8-11)10-2-4-12(5-3-10)17-13(14)15/h2-9,13,16H,1H3. The van der Waals surface area contributed by atoms with E-state index in [1.165, 1.54) is 0 Å². The van der Waals surface area contributed by atoms with Crippen LogP contribution in [0.1, 0.15) is 18.5 Å². The Morgan fingerprint density at radius 3 is 2.44 bits per heavy atom. The Hall–Kier alpha value is -1.62. The van der Waals surface area contributed by atoms with Crippen molar-refractivity contribution in [2.24, 2.45) is 0 Å². The third-order valence-corrected chi connectivity index (χ3v) is 3.19. The number of hydrogen-bond donors (Lipinski definition) is 1. The van der Waals surface area contributed by atoms with Crippen molar-refractivity contribution in [3.63, 3.8) is 0 Å². The molecule has 1 aromatic heterocycles. The summed E-state index contributed by atoms with van der Waals surface area (Å²) < 4.78 is 28.3. The van der Waals surface area contributed by atoms with Gasteiger partial charge >= 0.3 is 6.61 Å². The summed E-state index contributed by atoms with van der Waals surface area (Å²) in [5.41, 5.74) is 2.07. The van der Waals surface area contributed by atoms with Crippen LogP contribution in [0, 0.1) is 0 Å². The first kappa shape index (κ1) is 12.8. The van der Waals surface area contributed by atoms with Crippen LogP contribution in [0.3, 0.4) is 0 Å². The lowest BCUT2D eigenvalue weighted by Gasteiger charge is -2.15. The highest BCUT2D eigenvalue weighted by atomic mass is 32.1. The Bertz CT molecular complexity index is 470. The van der Waals surface area contributed by atoms with E-state index in [4.69, 9.17) is 0 Å². The van der Waals surface area contributed by atoms with Crippen LogP contribution >= 0.6 is 11.3 Å². The summed E-state index contributed by atoms with van der Waals surface area (Å²) in [6.07, 6.45) is 0. The van der Waals surface area contributed by atoms with Crippen LogP contribution in [0.15, 0.2) is 41.1 Å². The number of ether oxygens (including phenoxy) is 1. The van der Waals surface area contributed by atoms with Crippen molar-refractivity contribution < 1.29 is 13.5 Å². The zero-order valence-corrected chi connectivity index (χ0v) is 10.6. The Labute approximate surface area is 108 Å². The lowest BCUT2D eigenvalue weighted by Crippen LogP contribution is -2.06. The van der Waals surface area contributed by atoms with E-state index >= 15 is 0 Å². The molecule has 1 unspecified atom stereocenters. The molecular weight excluding hydrogens is 256 g/mol. The van der Waals surface area contributed by atoms with Crippen LogP contribution in [0.25, 0.3) is 0 Å². The van der Waals surface area contributed by atoms with Crippen LogP contribution in [-0.2, 0) is 0 Å². The topological polar surface area (TPSA) is 21.3 Å². The number of hydrogen-bond acceptors (Lipinski definition) is 3. The predicted molar refractivity (Wildman–Crippen MR) is 69.4 cm³/mol. The quantitative estimate of drug-likeness (QED) is 0.861. The number of alkyl halides is 2. The van der Waals surface area contributed by atoms with Gasteiger partial charge in [0.15, 0.2) is 0 Å². The van der Waals surface area contributed by atoms with E-state index in [0.717, 1.165) is 11.3 Å². The van der Waals surface area contributed by atoms with Crippen LogP contribution in [0.4, 0.5) is 14.5 Å². The van der Waals surface area contributed by atoms with Gasteiger partial charge in [0.1, 0.15) is 5.75 Å². The lowest BCUT2D eigenvalue weighted by molar-refractivity contribution is -0.0498. The maximum Gasteiger partial charge on any atom is 0.387 e. The molecule has 0 fully saturated rings. The normalized spacial score (nSPS) is 12.4. The lowest BCUT2D eigenvalue weighted by atomic mass is 10.1. The number of halogens is 2. The van der Waals surface area contributed by atoms with E-state index in [-0.39, 0.29) is 11.8 Å². The van der Waals surface area contributed by atoms with Crippen molar-refractivity contribution in [3.8, 4) is 5.75 Å². The zero-order chi connectivity index (χ0) is 13.0. The number of benzene rings is 1. The minimum atomic E-state index is -2.78. The zero-order valence-electron chi connectivity index (χ0n) is 9.77. The van der Waals surface area contributed by atoms with E-state index in [1.807, 2.05) is 23.8 Å². The molecule has 0 saturated heterocycles. The maximum absolute atomic E-state index is 12.0.